The van der Waals surface area contributed by atoms with Gasteiger partial charge in [-0.3, -0.25) is 4.79 Å². The molecule has 102 valence electrons. The molecule has 1 aromatic rings. The minimum atomic E-state index is -0.249. The highest BCUT2D eigenvalue weighted by atomic mass is 35.5. The maximum atomic E-state index is 12.1. The van der Waals surface area contributed by atoms with Crippen LogP contribution >= 0.6 is 11.6 Å². The molecule has 0 amide bonds. The van der Waals surface area contributed by atoms with Crippen LogP contribution in [0, 0.1) is 18.3 Å². The third kappa shape index (κ3) is 3.51. The van der Waals surface area contributed by atoms with Crippen LogP contribution in [0.3, 0.4) is 0 Å². The largest absolute Gasteiger partial charge is 0.379 e. The lowest BCUT2D eigenvalue weighted by Crippen LogP contribution is -2.28. The number of anilines is 1. The molecule has 0 spiro atoms. The van der Waals surface area contributed by atoms with E-state index in [-0.39, 0.29) is 12.1 Å². The van der Waals surface area contributed by atoms with Crippen molar-refractivity contribution in [3.63, 3.8) is 0 Å². The van der Waals surface area contributed by atoms with Gasteiger partial charge in [-0.1, -0.05) is 36.8 Å². The van der Waals surface area contributed by atoms with Crippen molar-refractivity contribution >= 4 is 17.3 Å². The van der Waals surface area contributed by atoms with Gasteiger partial charge in [0.25, 0.3) is 5.56 Å². The molecule has 0 bridgehead atoms. The first-order valence-corrected chi connectivity index (χ1v) is 7.03. The van der Waals surface area contributed by atoms with Crippen LogP contribution in [0.25, 0.3) is 0 Å². The van der Waals surface area contributed by atoms with E-state index in [1.54, 1.807) is 0 Å². The molecule has 1 N–H and O–H groups in total. The number of hydrogen-bond acceptors (Lipinski definition) is 3. The highest BCUT2D eigenvalue weighted by molar-refractivity contribution is 6.32. The number of aromatic nitrogens is 2. The molecule has 0 atom stereocenters. The Kier molecular flexibility index (Phi) is 4.86. The lowest BCUT2D eigenvalue weighted by Gasteiger charge is -2.22. The van der Waals surface area contributed by atoms with Crippen molar-refractivity contribution < 1.29 is 0 Å². The van der Waals surface area contributed by atoms with Gasteiger partial charge in [0, 0.05) is 6.54 Å². The Morgan fingerprint density at radius 3 is 2.89 bits per heavy atom. The molecular formula is C14H18ClN3O. The minimum Gasteiger partial charge on any atom is -0.379 e. The fourth-order valence-electron chi connectivity index (χ4n) is 2.47. The lowest BCUT2D eigenvalue weighted by atomic mass is 9.89. The van der Waals surface area contributed by atoms with Gasteiger partial charge in [-0.15, -0.1) is 6.42 Å². The van der Waals surface area contributed by atoms with Crippen LogP contribution in [0.4, 0.5) is 5.69 Å². The smallest absolute Gasteiger partial charge is 0.292 e. The van der Waals surface area contributed by atoms with E-state index in [4.69, 9.17) is 18.0 Å². The predicted molar refractivity (Wildman–Crippen MR) is 77.4 cm³/mol. The van der Waals surface area contributed by atoms with E-state index >= 15 is 0 Å². The molecule has 1 aromatic heterocycles. The van der Waals surface area contributed by atoms with E-state index in [0.29, 0.717) is 16.6 Å². The molecule has 0 unspecified atom stereocenters. The lowest BCUT2D eigenvalue weighted by molar-refractivity contribution is 0.373. The van der Waals surface area contributed by atoms with Crippen molar-refractivity contribution in [2.45, 2.75) is 38.6 Å². The Hall–Kier alpha value is -1.47. The van der Waals surface area contributed by atoms with Crippen molar-refractivity contribution in [1.82, 2.24) is 9.78 Å². The molecule has 0 radical (unpaired) electrons. The number of hydrogen-bond donors (Lipinski definition) is 1. The van der Waals surface area contributed by atoms with Crippen molar-refractivity contribution in [3.05, 3.63) is 21.6 Å². The van der Waals surface area contributed by atoms with Crippen LogP contribution in [0.5, 0.6) is 0 Å². The monoisotopic (exact) mass is 279 g/mol. The van der Waals surface area contributed by atoms with Gasteiger partial charge >= 0.3 is 0 Å². The summed E-state index contributed by atoms with van der Waals surface area (Å²) in [6.45, 7) is 0.948. The Balaban J connectivity index is 2.08. The standard InChI is InChI=1S/C14H18ClN3O/c1-2-8-18-14(19)13(12(15)10-17-18)16-9-11-6-4-3-5-7-11/h1,10-11,16H,3-9H2. The topological polar surface area (TPSA) is 46.9 Å². The summed E-state index contributed by atoms with van der Waals surface area (Å²) in [7, 11) is 0. The molecule has 19 heavy (non-hydrogen) atoms. The molecule has 0 aliphatic heterocycles. The number of nitrogens with one attached hydrogen (secondary N) is 1. The molecule has 0 aromatic carbocycles. The zero-order chi connectivity index (χ0) is 13.7. The summed E-state index contributed by atoms with van der Waals surface area (Å²) >= 11 is 6.03. The highest BCUT2D eigenvalue weighted by Crippen LogP contribution is 2.24. The Morgan fingerprint density at radius 1 is 1.47 bits per heavy atom. The highest BCUT2D eigenvalue weighted by Gasteiger charge is 2.15. The summed E-state index contributed by atoms with van der Waals surface area (Å²) in [6.07, 6.45) is 13.0. The molecule has 1 saturated carbocycles. The van der Waals surface area contributed by atoms with Crippen LogP contribution in [0.2, 0.25) is 5.02 Å². The van der Waals surface area contributed by atoms with Gasteiger partial charge in [0.1, 0.15) is 12.2 Å². The second kappa shape index (κ2) is 6.63. The summed E-state index contributed by atoms with van der Waals surface area (Å²) in [5.41, 5.74) is 0.166. The summed E-state index contributed by atoms with van der Waals surface area (Å²) in [5, 5.41) is 7.44. The number of halogens is 1. The first-order valence-electron chi connectivity index (χ1n) is 6.65. The molecule has 2 rings (SSSR count). The van der Waals surface area contributed by atoms with E-state index in [9.17, 15) is 4.79 Å². The number of rotatable bonds is 4. The third-order valence-corrected chi connectivity index (χ3v) is 3.82. The molecule has 1 aliphatic carbocycles. The Morgan fingerprint density at radius 2 is 2.21 bits per heavy atom. The average Bonchev–Trinajstić information content (AvgIpc) is 2.43. The van der Waals surface area contributed by atoms with E-state index in [1.165, 1.54) is 43.0 Å². The maximum Gasteiger partial charge on any atom is 0.292 e. The quantitative estimate of drug-likeness (QED) is 0.862. The zero-order valence-electron chi connectivity index (χ0n) is 10.9. The summed E-state index contributed by atoms with van der Waals surface area (Å²) in [5.74, 6) is 3.03. The van der Waals surface area contributed by atoms with Gasteiger partial charge in [0.05, 0.1) is 11.2 Å². The van der Waals surface area contributed by atoms with Gasteiger partial charge in [0.15, 0.2) is 0 Å². The van der Waals surface area contributed by atoms with E-state index < -0.39 is 0 Å². The Labute approximate surface area is 118 Å². The van der Waals surface area contributed by atoms with Gasteiger partial charge in [-0.25, -0.2) is 4.68 Å². The number of terminal acetylenes is 1. The van der Waals surface area contributed by atoms with Crippen LogP contribution in [0.1, 0.15) is 32.1 Å². The van der Waals surface area contributed by atoms with Crippen LogP contribution < -0.4 is 10.9 Å². The summed E-state index contributed by atoms with van der Waals surface area (Å²) in [4.78, 5) is 12.1. The average molecular weight is 280 g/mol. The van der Waals surface area contributed by atoms with Crippen molar-refractivity contribution in [1.29, 1.82) is 0 Å². The summed E-state index contributed by atoms with van der Waals surface area (Å²) < 4.78 is 1.25. The number of nitrogens with zero attached hydrogens (tertiary/aromatic N) is 2. The molecule has 4 nitrogen and oxygen atoms in total. The predicted octanol–water partition coefficient (Wildman–Crippen LogP) is 2.52. The molecule has 1 heterocycles. The SMILES string of the molecule is C#CCn1ncc(Cl)c(NCC2CCCCC2)c1=O. The van der Waals surface area contributed by atoms with Gasteiger partial charge in [-0.2, -0.15) is 5.10 Å². The van der Waals surface area contributed by atoms with Crippen LogP contribution in [-0.2, 0) is 6.54 Å². The van der Waals surface area contributed by atoms with Gasteiger partial charge < -0.3 is 5.32 Å². The summed E-state index contributed by atoms with van der Waals surface area (Å²) in [6, 6.07) is 0. The van der Waals surface area contributed by atoms with Crippen LogP contribution in [-0.4, -0.2) is 16.3 Å². The first kappa shape index (κ1) is 14.0. The van der Waals surface area contributed by atoms with Gasteiger partial charge in [0.2, 0.25) is 0 Å². The zero-order valence-corrected chi connectivity index (χ0v) is 11.6. The van der Waals surface area contributed by atoms with E-state index in [2.05, 4.69) is 16.3 Å². The van der Waals surface area contributed by atoms with Crippen molar-refractivity contribution in [2.24, 2.45) is 5.92 Å². The Bertz CT molecular complexity index is 526. The second-order valence-corrected chi connectivity index (χ2v) is 5.33. The maximum absolute atomic E-state index is 12.1. The van der Waals surface area contributed by atoms with Gasteiger partial charge in [-0.05, 0) is 18.8 Å². The van der Waals surface area contributed by atoms with E-state index in [1.807, 2.05) is 0 Å². The van der Waals surface area contributed by atoms with Crippen molar-refractivity contribution in [3.8, 4) is 12.3 Å². The molecule has 0 saturated heterocycles. The van der Waals surface area contributed by atoms with Crippen LogP contribution in [0.15, 0.2) is 11.0 Å². The molecule has 1 aliphatic rings. The fraction of sp³-hybridized carbons (Fsp3) is 0.571. The van der Waals surface area contributed by atoms with E-state index in [0.717, 1.165) is 6.54 Å². The molecule has 5 heteroatoms. The molecule has 1 fully saturated rings. The fourth-order valence-corrected chi connectivity index (χ4v) is 2.66. The normalized spacial score (nSPS) is 16.0. The second-order valence-electron chi connectivity index (χ2n) is 4.92. The minimum absolute atomic E-state index is 0.161. The first-order chi connectivity index (χ1) is 9.22. The third-order valence-electron chi connectivity index (χ3n) is 3.53. The molecular weight excluding hydrogens is 262 g/mol. The van der Waals surface area contributed by atoms with Crippen molar-refractivity contribution in [2.75, 3.05) is 11.9 Å².